The predicted molar refractivity (Wildman–Crippen MR) is 56.7 cm³/mol. The summed E-state index contributed by atoms with van der Waals surface area (Å²) in [6.07, 6.45) is 0.322. The second-order valence-electron chi connectivity index (χ2n) is 3.46. The van der Waals surface area contributed by atoms with Crippen LogP contribution in [0.4, 0.5) is 8.78 Å². The average molecular weight is 257 g/mol. The number of aliphatic carboxylic acids is 1. The third-order valence-electron chi connectivity index (χ3n) is 2.25. The Kier molecular flexibility index (Phi) is 3.42. The summed E-state index contributed by atoms with van der Waals surface area (Å²) in [5.74, 6) is -1.08. The number of nitrogens with one attached hydrogen (secondary N) is 1. The molecule has 0 saturated heterocycles. The molecule has 0 saturated carbocycles. The first-order valence-electron chi connectivity index (χ1n) is 4.98. The van der Waals surface area contributed by atoms with Crippen LogP contribution >= 0.6 is 0 Å². The van der Waals surface area contributed by atoms with Gasteiger partial charge in [0.15, 0.2) is 0 Å². The molecule has 1 aliphatic heterocycles. The van der Waals surface area contributed by atoms with Crippen molar-refractivity contribution in [3.05, 3.63) is 35.9 Å². The highest BCUT2D eigenvalue weighted by Gasteiger charge is 2.23. The van der Waals surface area contributed by atoms with Crippen LogP contribution in [0.25, 0.3) is 5.70 Å². The van der Waals surface area contributed by atoms with Gasteiger partial charge in [-0.3, -0.25) is 10.3 Å². The van der Waals surface area contributed by atoms with Gasteiger partial charge in [-0.1, -0.05) is 0 Å². The van der Waals surface area contributed by atoms with Crippen LogP contribution in [0, 0.1) is 0 Å². The van der Waals surface area contributed by atoms with Crippen LogP contribution < -0.4 is 10.2 Å². The zero-order valence-corrected chi connectivity index (χ0v) is 8.97. The van der Waals surface area contributed by atoms with E-state index in [2.05, 4.69) is 10.2 Å². The zero-order chi connectivity index (χ0) is 13.1. The summed E-state index contributed by atoms with van der Waals surface area (Å²) < 4.78 is 28.1. The van der Waals surface area contributed by atoms with E-state index in [4.69, 9.17) is 9.94 Å². The number of benzene rings is 1. The number of hydrogen-bond donors (Lipinski definition) is 2. The molecule has 1 aromatic carbocycles. The van der Waals surface area contributed by atoms with Gasteiger partial charge >= 0.3 is 12.6 Å². The van der Waals surface area contributed by atoms with Gasteiger partial charge < -0.3 is 9.84 Å². The van der Waals surface area contributed by atoms with E-state index >= 15 is 0 Å². The highest BCUT2D eigenvalue weighted by molar-refractivity contribution is 5.80. The average Bonchev–Trinajstić information content (AvgIpc) is 2.78. The van der Waals surface area contributed by atoms with Crippen molar-refractivity contribution in [2.75, 3.05) is 0 Å². The van der Waals surface area contributed by atoms with Gasteiger partial charge in [0.2, 0.25) is 6.10 Å². The van der Waals surface area contributed by atoms with Gasteiger partial charge in [-0.2, -0.15) is 8.78 Å². The molecule has 1 aromatic rings. The molecular weight excluding hydrogens is 248 g/mol. The molecule has 1 atom stereocenters. The lowest BCUT2D eigenvalue weighted by molar-refractivity contribution is -0.148. The summed E-state index contributed by atoms with van der Waals surface area (Å²) in [5.41, 5.74) is 3.53. The SMILES string of the molecule is O=C(O)C1C=C(c2ccc(OC(F)F)cc2)NO1. The van der Waals surface area contributed by atoms with Crippen LogP contribution in [-0.4, -0.2) is 23.8 Å². The van der Waals surface area contributed by atoms with Crippen LogP contribution in [-0.2, 0) is 9.63 Å². The topological polar surface area (TPSA) is 67.8 Å². The van der Waals surface area contributed by atoms with Crippen molar-refractivity contribution in [2.24, 2.45) is 0 Å². The number of rotatable bonds is 4. The molecule has 0 radical (unpaired) electrons. The molecule has 0 aliphatic carbocycles. The van der Waals surface area contributed by atoms with E-state index in [-0.39, 0.29) is 5.75 Å². The maximum absolute atomic E-state index is 11.9. The molecule has 0 spiro atoms. The number of halogens is 2. The largest absolute Gasteiger partial charge is 0.479 e. The number of carboxylic acids is 1. The number of ether oxygens (including phenoxy) is 1. The molecule has 2 N–H and O–H groups in total. The van der Waals surface area contributed by atoms with Gasteiger partial charge in [0.25, 0.3) is 0 Å². The monoisotopic (exact) mass is 257 g/mol. The summed E-state index contributed by atoms with van der Waals surface area (Å²) in [5, 5.41) is 8.71. The van der Waals surface area contributed by atoms with Gasteiger partial charge in [0.05, 0.1) is 5.70 Å². The molecule has 5 nitrogen and oxygen atoms in total. The minimum atomic E-state index is -2.88. The summed E-state index contributed by atoms with van der Waals surface area (Å²) in [7, 11) is 0. The van der Waals surface area contributed by atoms with Gasteiger partial charge in [-0.25, -0.2) is 4.79 Å². The Morgan fingerprint density at radius 1 is 1.39 bits per heavy atom. The van der Waals surface area contributed by atoms with Crippen molar-refractivity contribution in [3.8, 4) is 5.75 Å². The smallest absolute Gasteiger partial charge is 0.387 e. The Bertz CT molecular complexity index is 472. The molecule has 1 unspecified atom stereocenters. The van der Waals surface area contributed by atoms with Crippen molar-refractivity contribution < 1.29 is 28.3 Å². The van der Waals surface area contributed by atoms with E-state index in [9.17, 15) is 13.6 Å². The molecule has 0 bridgehead atoms. The Morgan fingerprint density at radius 2 is 2.06 bits per heavy atom. The Balaban J connectivity index is 2.11. The lowest BCUT2D eigenvalue weighted by Crippen LogP contribution is -2.20. The zero-order valence-electron chi connectivity index (χ0n) is 8.97. The summed E-state index contributed by atoms with van der Waals surface area (Å²) in [6, 6.07) is 5.75. The van der Waals surface area contributed by atoms with Crippen molar-refractivity contribution >= 4 is 11.7 Å². The molecular formula is C11H9F2NO4. The third-order valence-corrected chi connectivity index (χ3v) is 2.25. The first-order valence-corrected chi connectivity index (χ1v) is 4.98. The molecule has 0 fully saturated rings. The van der Waals surface area contributed by atoms with Crippen molar-refractivity contribution in [1.82, 2.24) is 5.48 Å². The van der Waals surface area contributed by atoms with E-state index in [1.165, 1.54) is 30.3 Å². The Hall–Kier alpha value is -2.15. The number of carboxylic acid groups (broad SMARTS) is 1. The molecule has 0 amide bonds. The first kappa shape index (κ1) is 12.3. The second-order valence-corrected chi connectivity index (χ2v) is 3.46. The van der Waals surface area contributed by atoms with Gasteiger partial charge in [-0.05, 0) is 35.9 Å². The summed E-state index contributed by atoms with van der Waals surface area (Å²) in [6.45, 7) is -2.88. The van der Waals surface area contributed by atoms with Gasteiger partial charge in [0.1, 0.15) is 5.75 Å². The van der Waals surface area contributed by atoms with Gasteiger partial charge in [-0.15, -0.1) is 0 Å². The lowest BCUT2D eigenvalue weighted by atomic mass is 10.1. The fraction of sp³-hybridized carbons (Fsp3) is 0.182. The molecule has 7 heteroatoms. The molecule has 0 aromatic heterocycles. The van der Waals surface area contributed by atoms with E-state index in [1.54, 1.807) is 0 Å². The number of hydrogen-bond acceptors (Lipinski definition) is 4. The van der Waals surface area contributed by atoms with Crippen LogP contribution in [0.5, 0.6) is 5.75 Å². The van der Waals surface area contributed by atoms with E-state index in [0.29, 0.717) is 11.3 Å². The standard InChI is InChI=1S/C11H9F2NO4/c12-11(13)17-7-3-1-6(2-4-7)8-5-9(10(15)16)18-14-8/h1-5,9,11,14H,(H,15,16). The second kappa shape index (κ2) is 5.01. The molecule has 96 valence electrons. The maximum atomic E-state index is 11.9. The summed E-state index contributed by atoms with van der Waals surface area (Å²) in [4.78, 5) is 15.4. The highest BCUT2D eigenvalue weighted by atomic mass is 19.3. The molecule has 2 rings (SSSR count). The highest BCUT2D eigenvalue weighted by Crippen LogP contribution is 2.22. The number of alkyl halides is 2. The molecule has 18 heavy (non-hydrogen) atoms. The fourth-order valence-electron chi connectivity index (χ4n) is 1.44. The Labute approximate surface area is 101 Å². The molecule has 1 aliphatic rings. The van der Waals surface area contributed by atoms with Crippen LogP contribution in [0.1, 0.15) is 5.56 Å². The van der Waals surface area contributed by atoms with Crippen molar-refractivity contribution in [2.45, 2.75) is 12.7 Å². The summed E-state index contributed by atoms with van der Waals surface area (Å²) >= 11 is 0. The van der Waals surface area contributed by atoms with E-state index in [1.807, 2.05) is 0 Å². The van der Waals surface area contributed by atoms with Crippen molar-refractivity contribution in [1.29, 1.82) is 0 Å². The Morgan fingerprint density at radius 3 is 2.56 bits per heavy atom. The maximum Gasteiger partial charge on any atom is 0.387 e. The molecule has 1 heterocycles. The van der Waals surface area contributed by atoms with Crippen LogP contribution in [0.3, 0.4) is 0 Å². The first-order chi connectivity index (χ1) is 8.56. The predicted octanol–water partition coefficient (Wildman–Crippen LogP) is 1.62. The lowest BCUT2D eigenvalue weighted by Gasteiger charge is -2.06. The number of carbonyl (C=O) groups is 1. The fourth-order valence-corrected chi connectivity index (χ4v) is 1.44. The third kappa shape index (κ3) is 2.75. The minimum Gasteiger partial charge on any atom is -0.479 e. The van der Waals surface area contributed by atoms with Crippen LogP contribution in [0.15, 0.2) is 30.3 Å². The van der Waals surface area contributed by atoms with E-state index in [0.717, 1.165) is 0 Å². The normalized spacial score (nSPS) is 18.4. The van der Waals surface area contributed by atoms with E-state index < -0.39 is 18.7 Å². The van der Waals surface area contributed by atoms with Crippen LogP contribution in [0.2, 0.25) is 0 Å². The van der Waals surface area contributed by atoms with Gasteiger partial charge in [0, 0.05) is 0 Å². The quantitative estimate of drug-likeness (QED) is 0.857. The number of hydroxylamine groups is 1. The minimum absolute atomic E-state index is 0.0306. The van der Waals surface area contributed by atoms with Crippen molar-refractivity contribution in [3.63, 3.8) is 0 Å².